The summed E-state index contributed by atoms with van der Waals surface area (Å²) in [4.78, 5) is 18.3. The van der Waals surface area contributed by atoms with Crippen molar-refractivity contribution in [3.63, 3.8) is 0 Å². The maximum atomic E-state index is 13.3. The fourth-order valence-electron chi connectivity index (χ4n) is 3.08. The Morgan fingerprint density at radius 3 is 2.95 bits per heavy atom. The lowest BCUT2D eigenvalue weighted by Gasteiger charge is -2.16. The van der Waals surface area contributed by atoms with Crippen molar-refractivity contribution in [3.8, 4) is 0 Å². The molecule has 22 heavy (non-hydrogen) atoms. The van der Waals surface area contributed by atoms with E-state index >= 15 is 0 Å². The first-order valence-corrected chi connectivity index (χ1v) is 7.55. The zero-order valence-corrected chi connectivity index (χ0v) is 12.9. The van der Waals surface area contributed by atoms with Crippen LogP contribution in [0, 0.1) is 18.7 Å². The molecule has 2 aromatic rings. The number of hydrogen-bond acceptors (Lipinski definition) is 2. The Hall–Kier alpha value is -2.17. The van der Waals surface area contributed by atoms with Gasteiger partial charge in [0.05, 0.1) is 12.5 Å². The highest BCUT2D eigenvalue weighted by Gasteiger charge is 2.28. The largest absolute Gasteiger partial charge is 0.337 e. The van der Waals surface area contributed by atoms with Crippen molar-refractivity contribution < 1.29 is 9.18 Å². The first kappa shape index (κ1) is 14.8. The van der Waals surface area contributed by atoms with Crippen molar-refractivity contribution in [1.29, 1.82) is 0 Å². The number of halogens is 1. The molecule has 1 unspecified atom stereocenters. The summed E-state index contributed by atoms with van der Waals surface area (Å²) in [5, 5.41) is 0. The Morgan fingerprint density at radius 2 is 2.27 bits per heavy atom. The number of nitrogens with zero attached hydrogens (tertiary/aromatic N) is 3. The van der Waals surface area contributed by atoms with Crippen LogP contribution in [0.5, 0.6) is 0 Å². The van der Waals surface area contributed by atoms with Crippen LogP contribution in [-0.2, 0) is 13.5 Å². The molecular formula is C17H20FN3O. The molecule has 0 aliphatic carbocycles. The number of aryl methyl sites for hydroxylation is 2. The third-order valence-electron chi connectivity index (χ3n) is 4.36. The van der Waals surface area contributed by atoms with E-state index in [-0.39, 0.29) is 11.7 Å². The molecule has 0 bridgehead atoms. The number of carbonyl (C=O) groups is 1. The van der Waals surface area contributed by atoms with Crippen LogP contribution in [0.25, 0.3) is 0 Å². The quantitative estimate of drug-likeness (QED) is 0.874. The highest BCUT2D eigenvalue weighted by Crippen LogP contribution is 2.23. The molecule has 1 aromatic heterocycles. The van der Waals surface area contributed by atoms with Gasteiger partial charge in [-0.05, 0) is 42.9 Å². The lowest BCUT2D eigenvalue weighted by molar-refractivity contribution is 0.0777. The second-order valence-corrected chi connectivity index (χ2v) is 6.08. The molecule has 1 amide bonds. The van der Waals surface area contributed by atoms with Crippen LogP contribution < -0.4 is 0 Å². The molecule has 1 saturated heterocycles. The zero-order chi connectivity index (χ0) is 15.7. The minimum atomic E-state index is -0.164. The van der Waals surface area contributed by atoms with Gasteiger partial charge in [-0.3, -0.25) is 4.79 Å². The van der Waals surface area contributed by atoms with E-state index in [4.69, 9.17) is 0 Å². The van der Waals surface area contributed by atoms with Crippen LogP contribution >= 0.6 is 0 Å². The van der Waals surface area contributed by atoms with Crippen LogP contribution in [0.2, 0.25) is 0 Å². The fourth-order valence-corrected chi connectivity index (χ4v) is 3.08. The van der Waals surface area contributed by atoms with Crippen molar-refractivity contribution in [1.82, 2.24) is 14.5 Å². The summed E-state index contributed by atoms with van der Waals surface area (Å²) in [7, 11) is 1.83. The van der Waals surface area contributed by atoms with Gasteiger partial charge in [0.25, 0.3) is 5.91 Å². The minimum Gasteiger partial charge on any atom is -0.337 e. The van der Waals surface area contributed by atoms with Gasteiger partial charge in [0.1, 0.15) is 11.5 Å². The van der Waals surface area contributed by atoms with Crippen molar-refractivity contribution in [2.45, 2.75) is 19.8 Å². The van der Waals surface area contributed by atoms with Crippen LogP contribution in [0.3, 0.4) is 0 Å². The molecule has 116 valence electrons. The van der Waals surface area contributed by atoms with E-state index in [0.29, 0.717) is 17.2 Å². The Labute approximate surface area is 129 Å². The van der Waals surface area contributed by atoms with E-state index in [1.54, 1.807) is 24.0 Å². The van der Waals surface area contributed by atoms with Crippen LogP contribution in [0.4, 0.5) is 4.39 Å². The van der Waals surface area contributed by atoms with Gasteiger partial charge in [-0.15, -0.1) is 0 Å². The van der Waals surface area contributed by atoms with E-state index in [9.17, 15) is 9.18 Å². The number of carbonyl (C=O) groups excluding carboxylic acids is 1. The van der Waals surface area contributed by atoms with Gasteiger partial charge in [-0.25, -0.2) is 9.37 Å². The normalized spacial score (nSPS) is 18.0. The minimum absolute atomic E-state index is 0.0396. The predicted octanol–water partition coefficient (Wildman–Crippen LogP) is 2.57. The van der Waals surface area contributed by atoms with E-state index in [0.717, 1.165) is 31.5 Å². The Bertz CT molecular complexity index is 695. The summed E-state index contributed by atoms with van der Waals surface area (Å²) in [6.45, 7) is 3.31. The molecule has 4 nitrogen and oxygen atoms in total. The molecule has 3 rings (SSSR count). The maximum Gasteiger partial charge on any atom is 0.272 e. The van der Waals surface area contributed by atoms with Crippen LogP contribution in [0.1, 0.15) is 28.0 Å². The number of benzene rings is 1. The van der Waals surface area contributed by atoms with Gasteiger partial charge in [0.2, 0.25) is 0 Å². The van der Waals surface area contributed by atoms with Crippen molar-refractivity contribution in [2.75, 3.05) is 13.1 Å². The number of amides is 1. The lowest BCUT2D eigenvalue weighted by Crippen LogP contribution is -2.30. The first-order valence-electron chi connectivity index (χ1n) is 7.55. The Kier molecular flexibility index (Phi) is 3.96. The molecule has 1 aliphatic heterocycles. The van der Waals surface area contributed by atoms with E-state index in [1.807, 2.05) is 24.1 Å². The number of likely N-dealkylation sites (tertiary alicyclic amines) is 1. The zero-order valence-electron chi connectivity index (χ0n) is 12.9. The monoisotopic (exact) mass is 301 g/mol. The predicted molar refractivity (Wildman–Crippen MR) is 82.1 cm³/mol. The number of imidazole rings is 1. The molecule has 1 fully saturated rings. The molecule has 0 N–H and O–H groups in total. The lowest BCUT2D eigenvalue weighted by atomic mass is 9.97. The summed E-state index contributed by atoms with van der Waals surface area (Å²) >= 11 is 0. The van der Waals surface area contributed by atoms with Gasteiger partial charge in [-0.1, -0.05) is 12.1 Å². The van der Waals surface area contributed by atoms with Gasteiger partial charge < -0.3 is 9.47 Å². The molecule has 0 saturated carbocycles. The second-order valence-electron chi connectivity index (χ2n) is 6.08. The average Bonchev–Trinajstić information content (AvgIpc) is 3.11. The molecule has 0 spiro atoms. The summed E-state index contributed by atoms with van der Waals surface area (Å²) in [6.07, 6.45) is 5.12. The summed E-state index contributed by atoms with van der Waals surface area (Å²) in [6, 6.07) is 5.27. The number of hydrogen-bond donors (Lipinski definition) is 0. The molecule has 1 aliphatic rings. The van der Waals surface area contributed by atoms with Gasteiger partial charge in [0, 0.05) is 20.1 Å². The third kappa shape index (κ3) is 2.89. The van der Waals surface area contributed by atoms with Crippen LogP contribution in [0.15, 0.2) is 30.7 Å². The molecule has 5 heteroatoms. The first-order chi connectivity index (χ1) is 10.5. The SMILES string of the molecule is Cc1cc(CC2CCN(C(=O)c3cncn3C)C2)ccc1F. The van der Waals surface area contributed by atoms with Crippen molar-refractivity contribution in [3.05, 3.63) is 53.4 Å². The molecule has 1 aromatic carbocycles. The second kappa shape index (κ2) is 5.91. The number of rotatable bonds is 3. The van der Waals surface area contributed by atoms with E-state index in [1.165, 1.54) is 6.07 Å². The number of aromatic nitrogens is 2. The topological polar surface area (TPSA) is 38.1 Å². The Morgan fingerprint density at radius 1 is 1.45 bits per heavy atom. The maximum absolute atomic E-state index is 13.3. The standard InChI is InChI=1S/C17H20FN3O/c1-12-7-13(3-4-15(12)18)8-14-5-6-21(10-14)17(22)16-9-19-11-20(16)2/h3-4,7,9,11,14H,5-6,8,10H2,1-2H3. The highest BCUT2D eigenvalue weighted by atomic mass is 19.1. The fraction of sp³-hybridized carbons (Fsp3) is 0.412. The van der Waals surface area contributed by atoms with Gasteiger partial charge in [-0.2, -0.15) is 0 Å². The summed E-state index contributed by atoms with van der Waals surface area (Å²) < 4.78 is 15.1. The van der Waals surface area contributed by atoms with E-state index in [2.05, 4.69) is 4.98 Å². The Balaban J connectivity index is 1.64. The summed E-state index contributed by atoms with van der Waals surface area (Å²) in [5.74, 6) is 0.308. The summed E-state index contributed by atoms with van der Waals surface area (Å²) in [5.41, 5.74) is 2.44. The molecule has 1 atom stereocenters. The van der Waals surface area contributed by atoms with Crippen molar-refractivity contribution in [2.24, 2.45) is 13.0 Å². The third-order valence-corrected chi connectivity index (χ3v) is 4.36. The molecule has 0 radical (unpaired) electrons. The highest BCUT2D eigenvalue weighted by molar-refractivity contribution is 5.92. The molecular weight excluding hydrogens is 281 g/mol. The van der Waals surface area contributed by atoms with Crippen molar-refractivity contribution >= 4 is 5.91 Å². The van der Waals surface area contributed by atoms with Gasteiger partial charge in [0.15, 0.2) is 0 Å². The molecule has 2 heterocycles. The van der Waals surface area contributed by atoms with Gasteiger partial charge >= 0.3 is 0 Å². The average molecular weight is 301 g/mol. The smallest absolute Gasteiger partial charge is 0.272 e. The van der Waals surface area contributed by atoms with Crippen LogP contribution in [-0.4, -0.2) is 33.4 Å². The van der Waals surface area contributed by atoms with E-state index < -0.39 is 0 Å².